The van der Waals surface area contributed by atoms with Crippen LogP contribution in [0.3, 0.4) is 0 Å². The van der Waals surface area contributed by atoms with Gasteiger partial charge in [0.05, 0.1) is 19.1 Å². The van der Waals surface area contributed by atoms with Gasteiger partial charge < -0.3 is 9.47 Å². The van der Waals surface area contributed by atoms with Crippen LogP contribution in [0.15, 0.2) is 107 Å². The molecule has 0 heterocycles. The fourth-order valence-corrected chi connectivity index (χ4v) is 6.84. The third-order valence-corrected chi connectivity index (χ3v) is 9.19. The van der Waals surface area contributed by atoms with Crippen molar-refractivity contribution in [2.75, 3.05) is 14.2 Å². The van der Waals surface area contributed by atoms with Crippen molar-refractivity contribution >= 4 is 44.5 Å². The van der Waals surface area contributed by atoms with E-state index in [2.05, 4.69) is 4.72 Å². The summed E-state index contributed by atoms with van der Waals surface area (Å²) in [6.45, 7) is 1.86. The smallest absolute Gasteiger partial charge is 0.333 e. The van der Waals surface area contributed by atoms with Crippen molar-refractivity contribution in [1.29, 1.82) is 0 Å². The lowest BCUT2D eigenvalue weighted by Gasteiger charge is -2.32. The van der Waals surface area contributed by atoms with Crippen LogP contribution >= 0.6 is 11.8 Å². The Bertz CT molecular complexity index is 1550. The number of hydrogen-bond acceptors (Lipinski definition) is 7. The normalized spacial score (nSPS) is 12.6. The van der Waals surface area contributed by atoms with Crippen molar-refractivity contribution < 1.29 is 27.5 Å². The number of carbonyl (C=O) groups is 2. The molecule has 0 aliphatic rings. The molecule has 1 atom stereocenters. The topological polar surface area (TPSA) is 98.8 Å². The maximum Gasteiger partial charge on any atom is 0.333 e. The van der Waals surface area contributed by atoms with Crippen LogP contribution in [-0.2, 0) is 29.1 Å². The number of sulfonamides is 1. The number of benzene rings is 4. The van der Waals surface area contributed by atoms with Crippen molar-refractivity contribution in [2.45, 2.75) is 33.9 Å². The summed E-state index contributed by atoms with van der Waals surface area (Å²) in [7, 11) is -1.65. The van der Waals surface area contributed by atoms with Crippen molar-refractivity contribution in [1.82, 2.24) is 4.72 Å². The number of esters is 2. The monoisotopic (exact) mass is 563 g/mol. The van der Waals surface area contributed by atoms with Gasteiger partial charge in [-0.25, -0.2) is 22.7 Å². The number of ether oxygens (including phenoxy) is 2. The molecule has 0 saturated carbocycles. The number of methoxy groups -OCH3 is 2. The summed E-state index contributed by atoms with van der Waals surface area (Å²) < 4.78 is 37.9. The number of fused-ring (bicyclic) bond motifs is 1. The standard InChI is InChI=1S/C30H29NO6S2/c1-21-13-17-26(18-14-21)39(34,35)31-27(23-10-5-4-6-11-23)20-30(28(32)36-2,29(33)37-3)38-25-16-15-22-9-7-8-12-24(22)19-25/h4-19,27,31H,20H2,1-3H3. The molecule has 0 bridgehead atoms. The van der Waals surface area contributed by atoms with E-state index in [-0.39, 0.29) is 11.3 Å². The fourth-order valence-electron chi connectivity index (χ4n) is 4.31. The average molecular weight is 564 g/mol. The Balaban J connectivity index is 1.80. The molecule has 9 heteroatoms. The molecular weight excluding hydrogens is 534 g/mol. The molecule has 0 fully saturated rings. The zero-order valence-electron chi connectivity index (χ0n) is 21.8. The lowest BCUT2D eigenvalue weighted by Crippen LogP contribution is -2.48. The van der Waals surface area contributed by atoms with E-state index in [1.54, 1.807) is 42.5 Å². The summed E-state index contributed by atoms with van der Waals surface area (Å²) in [5.41, 5.74) is 1.49. The molecule has 0 aromatic heterocycles. The van der Waals surface area contributed by atoms with Gasteiger partial charge in [0.25, 0.3) is 0 Å². The summed E-state index contributed by atoms with van der Waals surface area (Å²) in [6.07, 6.45) is -0.265. The van der Waals surface area contributed by atoms with Crippen molar-refractivity contribution in [2.24, 2.45) is 0 Å². The minimum atomic E-state index is -4.03. The molecule has 0 aliphatic carbocycles. The second-order valence-corrected chi connectivity index (χ2v) is 12.1. The second-order valence-electron chi connectivity index (χ2n) is 9.02. The van der Waals surface area contributed by atoms with Gasteiger partial charge >= 0.3 is 11.9 Å². The molecule has 4 rings (SSSR count). The van der Waals surface area contributed by atoms with Crippen LogP contribution in [0.2, 0.25) is 0 Å². The minimum Gasteiger partial charge on any atom is -0.468 e. The molecule has 0 aliphatic heterocycles. The Morgan fingerprint density at radius 3 is 2.03 bits per heavy atom. The molecule has 0 amide bonds. The number of nitrogens with one attached hydrogen (secondary N) is 1. The number of carbonyl (C=O) groups excluding carboxylic acids is 2. The molecule has 39 heavy (non-hydrogen) atoms. The number of hydrogen-bond donors (Lipinski definition) is 1. The highest BCUT2D eigenvalue weighted by Crippen LogP contribution is 2.43. The SMILES string of the molecule is COC(=O)C(CC(NS(=O)(=O)c1ccc(C)cc1)c1ccccc1)(Sc1ccc2ccccc2c1)C(=O)OC. The van der Waals surface area contributed by atoms with Gasteiger partial charge in [-0.15, -0.1) is 0 Å². The molecule has 0 saturated heterocycles. The summed E-state index contributed by atoms with van der Waals surface area (Å²) in [6, 6.07) is 27.5. The van der Waals surface area contributed by atoms with Crippen LogP contribution in [0.1, 0.15) is 23.6 Å². The fraction of sp³-hybridized carbons (Fsp3) is 0.200. The van der Waals surface area contributed by atoms with Gasteiger partial charge in [-0.2, -0.15) is 0 Å². The third kappa shape index (κ3) is 6.33. The van der Waals surface area contributed by atoms with Crippen molar-refractivity contribution in [3.63, 3.8) is 0 Å². The Kier molecular flexibility index (Phi) is 8.74. The van der Waals surface area contributed by atoms with E-state index in [0.717, 1.165) is 28.1 Å². The first-order chi connectivity index (χ1) is 18.7. The van der Waals surface area contributed by atoms with Gasteiger partial charge in [0, 0.05) is 17.4 Å². The lowest BCUT2D eigenvalue weighted by atomic mass is 9.94. The maximum absolute atomic E-state index is 13.4. The Hall–Kier alpha value is -3.66. The Morgan fingerprint density at radius 2 is 1.41 bits per heavy atom. The maximum atomic E-state index is 13.4. The second kappa shape index (κ2) is 12.0. The van der Waals surface area contributed by atoms with Crippen LogP contribution in [0, 0.1) is 6.92 Å². The van der Waals surface area contributed by atoms with Crippen LogP contribution in [0.4, 0.5) is 0 Å². The van der Waals surface area contributed by atoms with E-state index in [1.807, 2.05) is 49.4 Å². The number of rotatable bonds is 10. The molecule has 202 valence electrons. The average Bonchev–Trinajstić information content (AvgIpc) is 2.96. The molecular formula is C30H29NO6S2. The predicted octanol–water partition coefficient (Wildman–Crippen LogP) is 5.44. The van der Waals surface area contributed by atoms with Crippen LogP contribution < -0.4 is 4.72 Å². The number of thioether (sulfide) groups is 1. The Morgan fingerprint density at radius 1 is 0.821 bits per heavy atom. The summed E-state index contributed by atoms with van der Waals surface area (Å²) in [4.78, 5) is 27.5. The zero-order chi connectivity index (χ0) is 28.0. The molecule has 0 radical (unpaired) electrons. The first-order valence-electron chi connectivity index (χ1n) is 12.2. The van der Waals surface area contributed by atoms with Crippen molar-refractivity contribution in [3.05, 3.63) is 108 Å². The lowest BCUT2D eigenvalue weighted by molar-refractivity contribution is -0.156. The molecule has 4 aromatic rings. The highest BCUT2D eigenvalue weighted by molar-refractivity contribution is 8.02. The molecule has 0 spiro atoms. The molecule has 4 aromatic carbocycles. The van der Waals surface area contributed by atoms with Crippen LogP contribution in [0.25, 0.3) is 10.8 Å². The highest BCUT2D eigenvalue weighted by atomic mass is 32.2. The van der Waals surface area contributed by atoms with Gasteiger partial charge in [-0.3, -0.25) is 0 Å². The third-order valence-electron chi connectivity index (χ3n) is 6.37. The van der Waals surface area contributed by atoms with E-state index >= 15 is 0 Å². The van der Waals surface area contributed by atoms with E-state index < -0.39 is 32.8 Å². The predicted molar refractivity (Wildman–Crippen MR) is 152 cm³/mol. The molecule has 7 nitrogen and oxygen atoms in total. The highest BCUT2D eigenvalue weighted by Gasteiger charge is 2.52. The zero-order valence-corrected chi connectivity index (χ0v) is 23.4. The van der Waals surface area contributed by atoms with E-state index in [4.69, 9.17) is 9.47 Å². The summed E-state index contributed by atoms with van der Waals surface area (Å²) in [5, 5.41) is 1.92. The van der Waals surface area contributed by atoms with Gasteiger partial charge in [0.2, 0.25) is 14.8 Å². The van der Waals surface area contributed by atoms with Crippen LogP contribution in [0.5, 0.6) is 0 Å². The quantitative estimate of drug-likeness (QED) is 0.156. The number of aryl methyl sites for hydroxylation is 1. The van der Waals surface area contributed by atoms with E-state index in [1.165, 1.54) is 26.4 Å². The van der Waals surface area contributed by atoms with E-state index in [0.29, 0.717) is 10.5 Å². The summed E-state index contributed by atoms with van der Waals surface area (Å²) in [5.74, 6) is -1.69. The Labute approximate surface area is 232 Å². The van der Waals surface area contributed by atoms with Gasteiger partial charge in [-0.1, -0.05) is 90.1 Å². The first-order valence-corrected chi connectivity index (χ1v) is 14.5. The van der Waals surface area contributed by atoms with E-state index in [9.17, 15) is 18.0 Å². The first kappa shape index (κ1) is 28.4. The van der Waals surface area contributed by atoms with Gasteiger partial charge in [0.1, 0.15) is 0 Å². The molecule has 1 unspecified atom stereocenters. The van der Waals surface area contributed by atoms with Crippen LogP contribution in [-0.4, -0.2) is 39.3 Å². The van der Waals surface area contributed by atoms with Gasteiger partial charge in [-0.05, 0) is 47.5 Å². The minimum absolute atomic E-state index is 0.0675. The van der Waals surface area contributed by atoms with Gasteiger partial charge in [0.15, 0.2) is 0 Å². The summed E-state index contributed by atoms with van der Waals surface area (Å²) >= 11 is 0.979. The largest absolute Gasteiger partial charge is 0.468 e. The van der Waals surface area contributed by atoms with Crippen molar-refractivity contribution in [3.8, 4) is 0 Å². The molecule has 1 N–H and O–H groups in total.